The Balaban J connectivity index is 2.46. The summed E-state index contributed by atoms with van der Waals surface area (Å²) in [6.07, 6.45) is 3.16. The van der Waals surface area contributed by atoms with Crippen LogP contribution in [0.4, 0.5) is 0 Å². The average Bonchev–Trinajstić information content (AvgIpc) is 2.84. The van der Waals surface area contributed by atoms with E-state index in [4.69, 9.17) is 33.3 Å². The number of ether oxygens (including phenoxy) is 3. The Kier molecular flexibility index (Phi) is 6.81. The van der Waals surface area contributed by atoms with Crippen molar-refractivity contribution < 1.29 is 23.8 Å². The van der Waals surface area contributed by atoms with Crippen molar-refractivity contribution in [3.63, 3.8) is 0 Å². The molecule has 1 aliphatic heterocycles. The van der Waals surface area contributed by atoms with Gasteiger partial charge < -0.3 is 19.1 Å². The van der Waals surface area contributed by atoms with Gasteiger partial charge in [0, 0.05) is 7.05 Å². The van der Waals surface area contributed by atoms with Crippen LogP contribution in [0.1, 0.15) is 5.56 Å². The van der Waals surface area contributed by atoms with Gasteiger partial charge in [0.05, 0.1) is 19.2 Å². The number of carbonyl (C=O) groups is 2. The number of hydrogen-bond donors (Lipinski definition) is 0. The van der Waals surface area contributed by atoms with Crippen molar-refractivity contribution in [1.82, 2.24) is 9.80 Å². The molecule has 9 heteroatoms. The molecular weight excluding hydrogens is 392 g/mol. The molecule has 0 N–H and O–H groups in total. The van der Waals surface area contributed by atoms with E-state index in [-0.39, 0.29) is 29.9 Å². The summed E-state index contributed by atoms with van der Waals surface area (Å²) in [5, 5.41) is 0.518. The van der Waals surface area contributed by atoms with Gasteiger partial charge in [-0.15, -0.1) is 0 Å². The number of likely N-dealkylation sites (N-methyl/N-ethyl adjacent to an activating group) is 1. The minimum absolute atomic E-state index is 0.178. The summed E-state index contributed by atoms with van der Waals surface area (Å²) >= 11 is 11.5. The minimum atomic E-state index is -0.518. The van der Waals surface area contributed by atoms with E-state index in [0.29, 0.717) is 22.1 Å². The van der Waals surface area contributed by atoms with Crippen molar-refractivity contribution in [1.29, 1.82) is 0 Å². The number of esters is 1. The first kappa shape index (κ1) is 20.7. The highest BCUT2D eigenvalue weighted by atomic mass is 35.5. The highest BCUT2D eigenvalue weighted by Crippen LogP contribution is 2.37. The lowest BCUT2D eigenvalue weighted by Gasteiger charge is -2.17. The summed E-state index contributed by atoms with van der Waals surface area (Å²) in [5.41, 5.74) is 0.810. The lowest BCUT2D eigenvalue weighted by atomic mass is 10.1. The number of hydrogen-bond acceptors (Lipinski definition) is 6. The molecular formula is C18H19ClN2O5S. The molecule has 1 fully saturated rings. The number of amides is 1. The molecule has 144 valence electrons. The Hall–Kier alpha value is -2.58. The van der Waals surface area contributed by atoms with E-state index in [2.05, 4.69) is 11.3 Å². The van der Waals surface area contributed by atoms with E-state index in [1.807, 2.05) is 0 Å². The normalized spacial score (nSPS) is 15.3. The van der Waals surface area contributed by atoms with Crippen LogP contribution in [0.5, 0.6) is 11.5 Å². The average molecular weight is 411 g/mol. The van der Waals surface area contributed by atoms with Gasteiger partial charge in [0.25, 0.3) is 5.91 Å². The van der Waals surface area contributed by atoms with Gasteiger partial charge in [-0.2, -0.15) is 0 Å². The van der Waals surface area contributed by atoms with Crippen LogP contribution in [-0.4, -0.2) is 61.2 Å². The summed E-state index contributed by atoms with van der Waals surface area (Å²) in [6.45, 7) is 3.68. The highest BCUT2D eigenvalue weighted by molar-refractivity contribution is 7.80. The van der Waals surface area contributed by atoms with Crippen LogP contribution < -0.4 is 9.47 Å². The molecule has 0 atom stereocenters. The molecule has 1 heterocycles. The smallest absolute Gasteiger partial charge is 0.325 e. The maximum absolute atomic E-state index is 12.5. The number of nitrogens with zero attached hydrogens (tertiary/aromatic N) is 2. The quantitative estimate of drug-likeness (QED) is 0.296. The molecule has 1 aliphatic rings. The molecule has 1 saturated heterocycles. The maximum Gasteiger partial charge on any atom is 0.325 e. The second-order valence-corrected chi connectivity index (χ2v) is 6.24. The minimum Gasteiger partial charge on any atom is -0.493 e. The van der Waals surface area contributed by atoms with E-state index in [1.54, 1.807) is 24.3 Å². The maximum atomic E-state index is 12.5. The molecule has 1 aromatic rings. The summed E-state index contributed by atoms with van der Waals surface area (Å²) < 4.78 is 15.5. The third-order valence-corrected chi connectivity index (χ3v) is 4.52. The van der Waals surface area contributed by atoms with Crippen molar-refractivity contribution in [2.45, 2.75) is 0 Å². The number of carbonyl (C=O) groups excluding carboxylic acids is 2. The summed E-state index contributed by atoms with van der Waals surface area (Å²) in [5.74, 6) is -0.0868. The summed E-state index contributed by atoms with van der Waals surface area (Å²) in [7, 11) is 4.29. The van der Waals surface area contributed by atoms with Crippen LogP contribution in [0, 0.1) is 0 Å². The zero-order valence-electron chi connectivity index (χ0n) is 15.2. The van der Waals surface area contributed by atoms with Gasteiger partial charge in [-0.25, -0.2) is 0 Å². The van der Waals surface area contributed by atoms with E-state index < -0.39 is 5.97 Å². The SMILES string of the molecule is C=CCOc1c(Cl)cc(C=C2C(=O)N(C)C(=S)N2CC(=O)OC)cc1OC. The lowest BCUT2D eigenvalue weighted by Crippen LogP contribution is -2.33. The first-order chi connectivity index (χ1) is 12.8. The third kappa shape index (κ3) is 4.40. The molecule has 0 radical (unpaired) electrons. The summed E-state index contributed by atoms with van der Waals surface area (Å²) in [6, 6.07) is 3.29. The number of benzene rings is 1. The second-order valence-electron chi connectivity index (χ2n) is 5.47. The predicted molar refractivity (Wildman–Crippen MR) is 106 cm³/mol. The molecule has 0 aromatic heterocycles. The number of methoxy groups -OCH3 is 2. The first-order valence-electron chi connectivity index (χ1n) is 7.83. The zero-order chi connectivity index (χ0) is 20.1. The van der Waals surface area contributed by atoms with Crippen LogP contribution >= 0.6 is 23.8 Å². The topological polar surface area (TPSA) is 68.3 Å². The summed E-state index contributed by atoms with van der Waals surface area (Å²) in [4.78, 5) is 26.9. The fourth-order valence-electron chi connectivity index (χ4n) is 2.41. The van der Waals surface area contributed by atoms with Crippen molar-refractivity contribution in [2.24, 2.45) is 0 Å². The molecule has 0 spiro atoms. The van der Waals surface area contributed by atoms with Gasteiger partial charge in [0.2, 0.25) is 0 Å². The Morgan fingerprint density at radius 3 is 2.67 bits per heavy atom. The standard InChI is InChI=1S/C18H19ClN2O5S/c1-5-6-26-16-12(19)7-11(9-14(16)24-3)8-13-17(23)20(2)18(27)21(13)10-15(22)25-4/h5,7-9H,1,6,10H2,2-4H3. The molecule has 0 aliphatic carbocycles. The van der Waals surface area contributed by atoms with Crippen LogP contribution in [-0.2, 0) is 14.3 Å². The number of thiocarbonyl (C=S) groups is 1. The number of halogens is 1. The van der Waals surface area contributed by atoms with Crippen molar-refractivity contribution in [3.8, 4) is 11.5 Å². The Bertz CT molecular complexity index is 824. The van der Waals surface area contributed by atoms with Crippen LogP contribution in [0.15, 0.2) is 30.5 Å². The van der Waals surface area contributed by atoms with Crippen LogP contribution in [0.3, 0.4) is 0 Å². The van der Waals surface area contributed by atoms with Gasteiger partial charge in [0.1, 0.15) is 18.8 Å². The predicted octanol–water partition coefficient (Wildman–Crippen LogP) is 2.49. The van der Waals surface area contributed by atoms with Crippen molar-refractivity contribution in [3.05, 3.63) is 41.1 Å². The third-order valence-electron chi connectivity index (χ3n) is 3.75. The molecule has 7 nitrogen and oxygen atoms in total. The largest absolute Gasteiger partial charge is 0.493 e. The van der Waals surface area contributed by atoms with E-state index >= 15 is 0 Å². The molecule has 2 rings (SSSR count). The fourth-order valence-corrected chi connectivity index (χ4v) is 2.93. The fraction of sp³-hybridized carbons (Fsp3) is 0.278. The van der Waals surface area contributed by atoms with Crippen molar-refractivity contribution >= 4 is 46.9 Å². The molecule has 0 bridgehead atoms. The van der Waals surface area contributed by atoms with Crippen molar-refractivity contribution in [2.75, 3.05) is 34.4 Å². The zero-order valence-corrected chi connectivity index (χ0v) is 16.7. The molecule has 1 aromatic carbocycles. The lowest BCUT2D eigenvalue weighted by molar-refractivity contribution is -0.140. The van der Waals surface area contributed by atoms with E-state index in [0.717, 1.165) is 0 Å². The van der Waals surface area contributed by atoms with Gasteiger partial charge in [-0.1, -0.05) is 24.3 Å². The van der Waals surface area contributed by atoms with E-state index in [9.17, 15) is 9.59 Å². The van der Waals surface area contributed by atoms with Gasteiger partial charge in [-0.05, 0) is 36.0 Å². The number of rotatable bonds is 7. The van der Waals surface area contributed by atoms with Gasteiger partial charge in [0.15, 0.2) is 16.6 Å². The highest BCUT2D eigenvalue weighted by Gasteiger charge is 2.36. The first-order valence-corrected chi connectivity index (χ1v) is 8.62. The van der Waals surface area contributed by atoms with Gasteiger partial charge in [-0.3, -0.25) is 14.5 Å². The molecule has 1 amide bonds. The van der Waals surface area contributed by atoms with Crippen LogP contribution in [0.25, 0.3) is 6.08 Å². The molecule has 27 heavy (non-hydrogen) atoms. The van der Waals surface area contributed by atoms with E-state index in [1.165, 1.54) is 31.1 Å². The molecule has 0 unspecified atom stereocenters. The monoisotopic (exact) mass is 410 g/mol. The Labute approximate surface area is 167 Å². The second kappa shape index (κ2) is 8.88. The molecule has 0 saturated carbocycles. The Morgan fingerprint density at radius 2 is 2.07 bits per heavy atom. The van der Waals surface area contributed by atoms with Crippen LogP contribution in [0.2, 0.25) is 5.02 Å². The Morgan fingerprint density at radius 1 is 1.37 bits per heavy atom. The van der Waals surface area contributed by atoms with Gasteiger partial charge >= 0.3 is 5.97 Å².